The Kier molecular flexibility index (Phi) is 11.2. The van der Waals surface area contributed by atoms with Gasteiger partial charge in [-0.25, -0.2) is 9.59 Å². The minimum absolute atomic E-state index is 0.273. The van der Waals surface area contributed by atoms with Gasteiger partial charge >= 0.3 is 23.9 Å². The normalized spacial score (nSPS) is 11.8. The summed E-state index contributed by atoms with van der Waals surface area (Å²) >= 11 is 0. The first-order chi connectivity index (χ1) is 18.1. The molecule has 0 fully saturated rings. The van der Waals surface area contributed by atoms with Crippen LogP contribution < -0.4 is 18.9 Å². The van der Waals surface area contributed by atoms with Crippen LogP contribution in [0.3, 0.4) is 0 Å². The lowest BCUT2D eigenvalue weighted by atomic mass is 10.2. The van der Waals surface area contributed by atoms with Gasteiger partial charge in [0.2, 0.25) is 12.2 Å². The lowest BCUT2D eigenvalue weighted by Gasteiger charge is -2.23. The van der Waals surface area contributed by atoms with Crippen LogP contribution in [0.2, 0.25) is 0 Å². The van der Waals surface area contributed by atoms with E-state index in [4.69, 9.17) is 37.9 Å². The van der Waals surface area contributed by atoms with E-state index < -0.39 is 36.1 Å². The number of benzene rings is 2. The van der Waals surface area contributed by atoms with E-state index in [2.05, 4.69) is 0 Å². The molecular weight excluding hydrogens is 504 g/mol. The molecule has 0 aliphatic heterocycles. The molecule has 2 rings (SSSR count). The third kappa shape index (κ3) is 8.29. The molecule has 0 spiro atoms. The molecule has 2 aromatic rings. The third-order valence-electron chi connectivity index (χ3n) is 4.98. The molecule has 0 saturated carbocycles. The molecule has 0 heterocycles. The molecule has 38 heavy (non-hydrogen) atoms. The van der Waals surface area contributed by atoms with E-state index in [-0.39, 0.29) is 13.2 Å². The Morgan fingerprint density at radius 3 is 1.21 bits per heavy atom. The fraction of sp³-hybridized carbons (Fsp3) is 0.385. The zero-order valence-electron chi connectivity index (χ0n) is 21.9. The molecule has 0 aliphatic carbocycles. The van der Waals surface area contributed by atoms with E-state index in [1.807, 2.05) is 0 Å². The van der Waals surface area contributed by atoms with Crippen LogP contribution in [0.5, 0.6) is 23.0 Å². The molecule has 12 heteroatoms. The number of methoxy groups -OCH3 is 4. The van der Waals surface area contributed by atoms with Gasteiger partial charge in [0.05, 0.1) is 28.4 Å². The first kappa shape index (κ1) is 29.7. The molecule has 0 radical (unpaired) electrons. The Morgan fingerprint density at radius 1 is 0.579 bits per heavy atom. The molecule has 12 nitrogen and oxygen atoms in total. The molecule has 0 aromatic heterocycles. The van der Waals surface area contributed by atoms with Gasteiger partial charge in [0.25, 0.3) is 0 Å². The Labute approximate surface area is 219 Å². The zero-order valence-corrected chi connectivity index (χ0v) is 21.9. The predicted octanol–water partition coefficient (Wildman–Crippen LogP) is 2.37. The van der Waals surface area contributed by atoms with E-state index >= 15 is 0 Å². The maximum atomic E-state index is 12.9. The first-order valence-electron chi connectivity index (χ1n) is 11.2. The molecule has 0 saturated heterocycles. The number of ether oxygens (including phenoxy) is 8. The zero-order chi connectivity index (χ0) is 28.2. The van der Waals surface area contributed by atoms with Crippen molar-refractivity contribution in [3.8, 4) is 23.0 Å². The van der Waals surface area contributed by atoms with Crippen LogP contribution in [0.1, 0.15) is 25.0 Å². The third-order valence-corrected chi connectivity index (χ3v) is 4.98. The second kappa shape index (κ2) is 14.3. The molecule has 0 bridgehead atoms. The van der Waals surface area contributed by atoms with Crippen molar-refractivity contribution in [2.24, 2.45) is 0 Å². The average Bonchev–Trinajstić information content (AvgIpc) is 2.91. The standard InChI is InChI=1S/C26H30O12/c1-15(27)37-23(25(29)35-13-17-7-9-19(31-3)21(11-17)33-5)24(38-16(2)28)26(30)36-14-18-8-10-20(32-4)22(12-18)34-6/h7-12,23-24H,13-14H2,1-6H3. The van der Waals surface area contributed by atoms with E-state index in [1.165, 1.54) is 28.4 Å². The van der Waals surface area contributed by atoms with Gasteiger partial charge in [0, 0.05) is 13.8 Å². The highest BCUT2D eigenvalue weighted by atomic mass is 16.6. The fourth-order valence-electron chi connectivity index (χ4n) is 3.24. The van der Waals surface area contributed by atoms with Crippen molar-refractivity contribution in [2.45, 2.75) is 39.3 Å². The maximum Gasteiger partial charge on any atom is 0.352 e. The second-order valence-corrected chi connectivity index (χ2v) is 7.65. The SMILES string of the molecule is COc1ccc(COC(=O)C(OC(C)=O)C(OC(C)=O)C(=O)OCc2ccc(OC)c(OC)c2)cc1OC. The molecule has 2 aromatic carbocycles. The summed E-state index contributed by atoms with van der Waals surface area (Å²) in [5.41, 5.74) is 1.02. The van der Waals surface area contributed by atoms with Crippen molar-refractivity contribution in [1.82, 2.24) is 0 Å². The number of hydrogen-bond donors (Lipinski definition) is 0. The van der Waals surface area contributed by atoms with Gasteiger partial charge < -0.3 is 37.9 Å². The van der Waals surface area contributed by atoms with Gasteiger partial charge in [0.15, 0.2) is 23.0 Å². The van der Waals surface area contributed by atoms with Gasteiger partial charge in [-0.15, -0.1) is 0 Å². The minimum Gasteiger partial charge on any atom is -0.493 e. The maximum absolute atomic E-state index is 12.9. The number of rotatable bonds is 13. The van der Waals surface area contributed by atoms with Crippen molar-refractivity contribution >= 4 is 23.9 Å². The summed E-state index contributed by atoms with van der Waals surface area (Å²) in [6.45, 7) is 1.50. The van der Waals surface area contributed by atoms with Crippen molar-refractivity contribution in [3.63, 3.8) is 0 Å². The van der Waals surface area contributed by atoms with Crippen LogP contribution in [-0.4, -0.2) is 64.5 Å². The summed E-state index contributed by atoms with van der Waals surface area (Å²) in [6.07, 6.45) is -3.84. The van der Waals surface area contributed by atoms with Gasteiger partial charge in [-0.1, -0.05) is 12.1 Å². The highest BCUT2D eigenvalue weighted by Crippen LogP contribution is 2.29. The second-order valence-electron chi connectivity index (χ2n) is 7.65. The first-order valence-corrected chi connectivity index (χ1v) is 11.2. The molecule has 206 valence electrons. The summed E-state index contributed by atoms with van der Waals surface area (Å²) < 4.78 is 41.3. The van der Waals surface area contributed by atoms with E-state index in [1.54, 1.807) is 36.4 Å². The molecule has 0 N–H and O–H groups in total. The number of carbonyl (C=O) groups is 4. The van der Waals surface area contributed by atoms with Crippen LogP contribution in [0.25, 0.3) is 0 Å². The van der Waals surface area contributed by atoms with Gasteiger partial charge in [-0.2, -0.15) is 0 Å². The number of carbonyl (C=O) groups excluding carboxylic acids is 4. The molecule has 0 amide bonds. The minimum atomic E-state index is -1.92. The summed E-state index contributed by atoms with van der Waals surface area (Å²) in [4.78, 5) is 49.3. The summed E-state index contributed by atoms with van der Waals surface area (Å²) in [5.74, 6) is -2.37. The lowest BCUT2D eigenvalue weighted by molar-refractivity contribution is -0.191. The number of esters is 4. The summed E-state index contributed by atoms with van der Waals surface area (Å²) in [5, 5.41) is 0. The van der Waals surface area contributed by atoms with Crippen molar-refractivity contribution < 1.29 is 57.1 Å². The van der Waals surface area contributed by atoms with Gasteiger partial charge in [-0.05, 0) is 35.4 Å². The van der Waals surface area contributed by atoms with Crippen LogP contribution in [0.15, 0.2) is 36.4 Å². The quantitative estimate of drug-likeness (QED) is 0.275. The Morgan fingerprint density at radius 2 is 0.921 bits per heavy atom. The van der Waals surface area contributed by atoms with Gasteiger partial charge in [0.1, 0.15) is 13.2 Å². The van der Waals surface area contributed by atoms with E-state index in [0.717, 1.165) is 13.8 Å². The molecule has 2 unspecified atom stereocenters. The Balaban J connectivity index is 2.20. The van der Waals surface area contributed by atoms with Crippen LogP contribution >= 0.6 is 0 Å². The average molecular weight is 535 g/mol. The Bertz CT molecular complexity index is 1050. The highest BCUT2D eigenvalue weighted by Gasteiger charge is 2.42. The lowest BCUT2D eigenvalue weighted by Crippen LogP contribution is -2.46. The van der Waals surface area contributed by atoms with Crippen LogP contribution in [0.4, 0.5) is 0 Å². The molecular formula is C26H30O12. The smallest absolute Gasteiger partial charge is 0.352 e. The monoisotopic (exact) mass is 534 g/mol. The van der Waals surface area contributed by atoms with Crippen LogP contribution in [-0.2, 0) is 51.3 Å². The number of hydrogen-bond acceptors (Lipinski definition) is 12. The van der Waals surface area contributed by atoms with Crippen LogP contribution in [0, 0.1) is 0 Å². The van der Waals surface area contributed by atoms with Crippen molar-refractivity contribution in [3.05, 3.63) is 47.5 Å². The highest BCUT2D eigenvalue weighted by molar-refractivity contribution is 5.89. The predicted molar refractivity (Wildman–Crippen MR) is 130 cm³/mol. The largest absolute Gasteiger partial charge is 0.493 e. The Hall–Kier alpha value is -4.48. The van der Waals surface area contributed by atoms with E-state index in [0.29, 0.717) is 34.1 Å². The van der Waals surface area contributed by atoms with E-state index in [9.17, 15) is 19.2 Å². The molecule has 0 aliphatic rings. The topological polar surface area (TPSA) is 142 Å². The summed E-state index contributed by atoms with van der Waals surface area (Å²) in [7, 11) is 5.84. The van der Waals surface area contributed by atoms with Crippen molar-refractivity contribution in [2.75, 3.05) is 28.4 Å². The fourth-order valence-corrected chi connectivity index (χ4v) is 3.24. The van der Waals surface area contributed by atoms with Gasteiger partial charge in [-0.3, -0.25) is 9.59 Å². The van der Waals surface area contributed by atoms with Crippen molar-refractivity contribution in [1.29, 1.82) is 0 Å². The molecule has 2 atom stereocenters. The summed E-state index contributed by atoms with van der Waals surface area (Å²) in [6, 6.07) is 9.62.